The van der Waals surface area contributed by atoms with E-state index in [1.54, 1.807) is 12.2 Å². The van der Waals surface area contributed by atoms with Crippen molar-refractivity contribution in [1.29, 1.82) is 0 Å². The molecular weight excluding hydrogens is 1630 g/mol. The van der Waals surface area contributed by atoms with Crippen molar-refractivity contribution in [2.24, 2.45) is 120 Å². The molecule has 24 unspecified atom stereocenters. The third kappa shape index (κ3) is 14.2. The Kier molecular flexibility index (Phi) is 24.4. The van der Waals surface area contributed by atoms with Gasteiger partial charge in [0.05, 0.1) is 74.4 Å². The SMILES string of the molecule is CC(=O)OC1CCC2(C)C(CC[C@@H]3[C@@H]2CCC2(C)C(C4=CC(=O)CC4)CCC32O)C1.CC(=O)OC1CCC2(C=O)[C@H]3CCC4(C)C(C5=CC(=O)CC5)CCC4(O)[C@@H]3CCC2(O)C1.CC12CC[C@H]3[C@@H](CCC4(O)CC(O)CCC34C(=O)O)C1(O)CCC2C1=CC(=O)CC1.CC12CC[C@H]3[C@@H](CCC4(O)CC(OC(=O)CCC(=O)O)CCC34C=O)C1(O)CCC2C1=CC(=O)CC1. The summed E-state index contributed by atoms with van der Waals surface area (Å²) in [5.74, 6) is -0.753. The van der Waals surface area contributed by atoms with Crippen molar-refractivity contribution >= 4 is 65.6 Å². The number of esters is 3. The van der Waals surface area contributed by atoms with Crippen molar-refractivity contribution in [2.45, 2.75) is 407 Å². The summed E-state index contributed by atoms with van der Waals surface area (Å²) < 4.78 is 16.5. The van der Waals surface area contributed by atoms with E-state index in [2.05, 4.69) is 34.6 Å². The Morgan fingerprint density at radius 1 is 0.359 bits per heavy atom. The maximum absolute atomic E-state index is 12.8. The number of rotatable bonds is 13. The van der Waals surface area contributed by atoms with Crippen LogP contribution in [0.4, 0.5) is 0 Å². The highest BCUT2D eigenvalue weighted by atomic mass is 16.6. The van der Waals surface area contributed by atoms with Gasteiger partial charge in [0, 0.05) is 80.5 Å². The van der Waals surface area contributed by atoms with Gasteiger partial charge in [-0.3, -0.25) is 43.2 Å². The third-order valence-electron chi connectivity index (χ3n) is 42.3. The Morgan fingerprint density at radius 2 is 0.711 bits per heavy atom. The Balaban J connectivity index is 0.000000120. The van der Waals surface area contributed by atoms with Gasteiger partial charge in [-0.1, -0.05) is 56.9 Å². The molecule has 0 aliphatic heterocycles. The first-order valence-corrected chi connectivity index (χ1v) is 49.9. The van der Waals surface area contributed by atoms with Gasteiger partial charge in [0.1, 0.15) is 30.9 Å². The van der Waals surface area contributed by atoms with Crippen LogP contribution in [0.15, 0.2) is 46.6 Å². The lowest BCUT2D eigenvalue weighted by Crippen LogP contribution is -2.70. The summed E-state index contributed by atoms with van der Waals surface area (Å²) in [7, 11) is 0. The zero-order valence-corrected chi connectivity index (χ0v) is 77.0. The predicted octanol–water partition coefficient (Wildman–Crippen LogP) is 14.0. The van der Waals surface area contributed by atoms with E-state index in [4.69, 9.17) is 19.3 Å². The molecule has 24 nitrogen and oxygen atoms in total. The van der Waals surface area contributed by atoms with Crippen molar-refractivity contribution in [1.82, 2.24) is 0 Å². The van der Waals surface area contributed by atoms with Crippen LogP contribution in [0.25, 0.3) is 0 Å². The molecule has 24 heteroatoms. The van der Waals surface area contributed by atoms with Gasteiger partial charge >= 0.3 is 29.8 Å². The van der Waals surface area contributed by atoms with E-state index >= 15 is 0 Å². The maximum Gasteiger partial charge on any atom is 0.312 e. The molecule has 0 aromatic heterocycles. The molecule has 16 fully saturated rings. The van der Waals surface area contributed by atoms with E-state index < -0.39 is 85.6 Å². The van der Waals surface area contributed by atoms with E-state index in [1.807, 2.05) is 12.2 Å². The third-order valence-corrected chi connectivity index (χ3v) is 42.3. The number of carboxylic acid groups (broad SMARTS) is 2. The topological polar surface area (TPSA) is 418 Å². The molecule has 0 aromatic carbocycles. The van der Waals surface area contributed by atoms with Gasteiger partial charge < -0.3 is 74.9 Å². The smallest absolute Gasteiger partial charge is 0.312 e. The van der Waals surface area contributed by atoms with E-state index in [1.165, 1.54) is 37.0 Å². The fourth-order valence-electron chi connectivity index (χ4n) is 35.9. The number of hydrogen-bond donors (Lipinski definition) is 10. The predicted molar refractivity (Wildman–Crippen MR) is 467 cm³/mol. The average molecular weight is 1780 g/mol. The highest BCUT2D eigenvalue weighted by Crippen LogP contribution is 2.77. The van der Waals surface area contributed by atoms with Crippen molar-refractivity contribution in [3.8, 4) is 0 Å². The molecule has 20 aliphatic rings. The monoisotopic (exact) mass is 1780 g/mol. The first kappa shape index (κ1) is 93.8. The van der Waals surface area contributed by atoms with Crippen molar-refractivity contribution < 1.29 is 118 Å². The summed E-state index contributed by atoms with van der Waals surface area (Å²) >= 11 is 0. The van der Waals surface area contributed by atoms with Crippen molar-refractivity contribution in [3.05, 3.63) is 46.6 Å². The lowest BCUT2D eigenvalue weighted by molar-refractivity contribution is -0.260. The minimum absolute atomic E-state index is 0.0419. The number of fused-ring (bicyclic) bond motifs is 20. The highest BCUT2D eigenvalue weighted by molar-refractivity contribution is 5.95. The number of carbonyl (C=O) groups is 11. The van der Waals surface area contributed by atoms with E-state index in [-0.39, 0.29) is 160 Å². The number of ether oxygens (including phenoxy) is 3. The van der Waals surface area contributed by atoms with Crippen LogP contribution in [0.1, 0.15) is 344 Å². The second-order valence-electron chi connectivity index (χ2n) is 46.7. The zero-order chi connectivity index (χ0) is 91.7. The van der Waals surface area contributed by atoms with Crippen LogP contribution in [-0.2, 0) is 67.0 Å². The fourth-order valence-corrected chi connectivity index (χ4v) is 35.9. The molecule has 32 atom stereocenters. The first-order chi connectivity index (χ1) is 60.3. The van der Waals surface area contributed by atoms with Gasteiger partial charge in [0.15, 0.2) is 23.1 Å². The Labute approximate surface area is 754 Å². The standard InChI is InChI=1S/C28H38O8.C26H36O6.C26H38O4.C24H34O6/c1-25-10-7-21-22(28(25,35)13-9-20(25)17-2-3-18(30)14-17)8-12-27(34)15-19(6-11-26(21,27)16-29)36-24(33)5-4-23(31)32;1-16(28)32-19-5-10-24(15-27)21-6-9-23(2)20(17-3-4-18(29)13-17)8-12-26(23,31)22(21)7-11-25(24,30)14-19;1-16(27)30-20-8-11-24(2)18(15-20)5-7-23-22(24)9-12-25(3)21(10-13-26(23,25)29)17-4-6-19(28)14-17;1-21-8-5-18-19(24(21,30)11-7-17(21)14-2-3-15(25)12-14)6-9-22(29)13-16(26)4-10-23(18,22)20(27)28/h14,16,19-22,34-35H,2-13,15H2,1H3,(H,31,32);13,15,19-22,30-31H,3-12,14H2,1-2H3;14,18,20-23,29H,4-13,15H2,1-3H3;12,16-19,26,29-30H,2-11,13H2,1H3,(H,27,28)/t19?,20?,21-,22+,25?,26?,27?,28?;19?,20?,21-,22+,23?,24?,25?,26?;18?,20?,21?,22-,23+,24?,25?,26?;16?,17?,18-,19+,21?,22?,23?,24?/m0000/s1. The van der Waals surface area contributed by atoms with Crippen LogP contribution < -0.4 is 0 Å². The van der Waals surface area contributed by atoms with Gasteiger partial charge in [-0.05, 0) is 344 Å². The minimum atomic E-state index is -1.42. The van der Waals surface area contributed by atoms with Gasteiger partial charge in [-0.15, -0.1) is 0 Å². The number of carboxylic acids is 2. The molecule has 0 aromatic rings. The molecular formula is C104H146O24. The summed E-state index contributed by atoms with van der Waals surface area (Å²) in [6.07, 6.45) is 37.1. The number of aliphatic hydroxyl groups is 8. The molecule has 0 radical (unpaired) electrons. The van der Waals surface area contributed by atoms with Gasteiger partial charge in [0.25, 0.3) is 0 Å². The minimum Gasteiger partial charge on any atom is -0.481 e. The molecule has 20 rings (SSSR count). The number of allylic oxidation sites excluding steroid dienone is 8. The van der Waals surface area contributed by atoms with Crippen molar-refractivity contribution in [3.63, 3.8) is 0 Å². The quantitative estimate of drug-likeness (QED) is 0.0465. The number of ketones is 4. The largest absolute Gasteiger partial charge is 0.481 e. The average Bonchev–Trinajstić information content (AvgIpc) is 1.36. The molecule has 0 heterocycles. The maximum atomic E-state index is 12.8. The molecule has 0 saturated heterocycles. The summed E-state index contributed by atoms with van der Waals surface area (Å²) in [5, 5.41) is 113. The second kappa shape index (κ2) is 33.2. The summed E-state index contributed by atoms with van der Waals surface area (Å²) in [4.78, 5) is 132. The van der Waals surface area contributed by atoms with Crippen LogP contribution >= 0.6 is 0 Å². The number of carbonyl (C=O) groups excluding carboxylic acids is 9. The summed E-state index contributed by atoms with van der Waals surface area (Å²) in [6.45, 7) is 14.2. The number of aliphatic hydroxyl groups excluding tert-OH is 1. The van der Waals surface area contributed by atoms with Gasteiger partial charge in [-0.25, -0.2) is 0 Å². The van der Waals surface area contributed by atoms with Crippen LogP contribution in [0.3, 0.4) is 0 Å². The summed E-state index contributed by atoms with van der Waals surface area (Å²) in [5.41, 5.74) is -6.60. The lowest BCUT2D eigenvalue weighted by Gasteiger charge is -2.65. The number of aliphatic carboxylic acids is 2. The first-order valence-electron chi connectivity index (χ1n) is 49.9. The van der Waals surface area contributed by atoms with E-state index in [0.29, 0.717) is 159 Å². The molecule has 128 heavy (non-hydrogen) atoms. The normalized spacial score (nSPS) is 49.6. The molecule has 0 bridgehead atoms. The number of aldehydes is 2. The summed E-state index contributed by atoms with van der Waals surface area (Å²) in [6, 6.07) is 0. The van der Waals surface area contributed by atoms with Gasteiger partial charge in [-0.2, -0.15) is 0 Å². The molecule has 0 amide bonds. The molecule has 20 aliphatic carbocycles. The molecule has 10 N–H and O–H groups in total. The highest BCUT2D eigenvalue weighted by Gasteiger charge is 2.78. The van der Waals surface area contributed by atoms with Gasteiger partial charge in [0.2, 0.25) is 0 Å². The van der Waals surface area contributed by atoms with E-state index in [9.17, 15) is 98.7 Å². The van der Waals surface area contributed by atoms with E-state index in [0.717, 1.165) is 140 Å². The Morgan fingerprint density at radius 3 is 1.09 bits per heavy atom. The zero-order valence-electron chi connectivity index (χ0n) is 77.0. The van der Waals surface area contributed by atoms with Crippen molar-refractivity contribution in [2.75, 3.05) is 0 Å². The van der Waals surface area contributed by atoms with Crippen LogP contribution in [-0.4, -0.2) is 180 Å². The molecule has 16 saturated carbocycles. The lowest BCUT2D eigenvalue weighted by atomic mass is 9.41. The second-order valence-corrected chi connectivity index (χ2v) is 46.7. The fraction of sp³-hybridized carbons (Fsp3) is 0.817. The number of hydrogen-bond acceptors (Lipinski definition) is 22. The molecule has 706 valence electrons. The van der Waals surface area contributed by atoms with Crippen LogP contribution in [0.2, 0.25) is 0 Å². The van der Waals surface area contributed by atoms with Crippen LogP contribution in [0.5, 0.6) is 0 Å². The van der Waals surface area contributed by atoms with Crippen LogP contribution in [0, 0.1) is 120 Å². The molecule has 0 spiro atoms. The Hall–Kier alpha value is -5.99. The Bertz CT molecular complexity index is 4620.